The minimum atomic E-state index is 0.0752. The largest absolute Gasteiger partial charge is 0.504 e. The Hall–Kier alpha value is -2.37. The molecule has 17 heavy (non-hydrogen) atoms. The van der Waals surface area contributed by atoms with Crippen molar-refractivity contribution in [2.24, 2.45) is 5.10 Å². The molecule has 0 saturated heterocycles. The van der Waals surface area contributed by atoms with Crippen LogP contribution in [-0.4, -0.2) is 32.8 Å². The number of nitrogens with zero attached hydrogens (tertiary/aromatic N) is 4. The van der Waals surface area contributed by atoms with Gasteiger partial charge in [0.25, 0.3) is 0 Å². The number of aromatic hydroxyl groups is 1. The summed E-state index contributed by atoms with van der Waals surface area (Å²) >= 11 is 0. The highest BCUT2D eigenvalue weighted by Gasteiger charge is 2.05. The number of aromatic nitrogens is 3. The molecule has 0 saturated carbocycles. The molecule has 0 amide bonds. The van der Waals surface area contributed by atoms with Crippen LogP contribution in [0.4, 0.5) is 0 Å². The van der Waals surface area contributed by atoms with Gasteiger partial charge in [-0.2, -0.15) is 5.10 Å². The van der Waals surface area contributed by atoms with Crippen molar-refractivity contribution in [3.8, 4) is 11.5 Å². The molecule has 1 aromatic heterocycles. The first-order chi connectivity index (χ1) is 8.31. The Morgan fingerprint density at radius 2 is 2.18 bits per heavy atom. The van der Waals surface area contributed by atoms with E-state index in [2.05, 4.69) is 15.3 Å². The van der Waals surface area contributed by atoms with Gasteiger partial charge >= 0.3 is 0 Å². The van der Waals surface area contributed by atoms with E-state index in [0.717, 1.165) is 0 Å². The molecule has 0 radical (unpaired) electrons. The summed E-state index contributed by atoms with van der Waals surface area (Å²) in [4.78, 5) is 0. The summed E-state index contributed by atoms with van der Waals surface area (Å²) in [7, 11) is 0. The van der Waals surface area contributed by atoms with Crippen molar-refractivity contribution in [3.05, 3.63) is 36.4 Å². The molecule has 6 nitrogen and oxygen atoms in total. The Morgan fingerprint density at radius 3 is 2.88 bits per heavy atom. The van der Waals surface area contributed by atoms with Crippen LogP contribution in [0.15, 0.2) is 36.0 Å². The summed E-state index contributed by atoms with van der Waals surface area (Å²) < 4.78 is 6.71. The second-order valence-corrected chi connectivity index (χ2v) is 3.21. The van der Waals surface area contributed by atoms with E-state index in [9.17, 15) is 5.11 Å². The molecule has 1 heterocycles. The summed E-state index contributed by atoms with van der Waals surface area (Å²) in [6, 6.07) is 5.24. The minimum absolute atomic E-state index is 0.0752. The Labute approximate surface area is 98.2 Å². The molecule has 1 aromatic carbocycles. The SMILES string of the molecule is CCOc1cccc(C=Nn2cnnc2)c1O. The van der Waals surface area contributed by atoms with E-state index in [4.69, 9.17) is 4.74 Å². The van der Waals surface area contributed by atoms with Gasteiger partial charge in [-0.25, -0.2) is 4.68 Å². The number of hydrogen-bond donors (Lipinski definition) is 1. The van der Waals surface area contributed by atoms with Crippen LogP contribution in [0.3, 0.4) is 0 Å². The smallest absolute Gasteiger partial charge is 0.166 e. The van der Waals surface area contributed by atoms with Gasteiger partial charge in [0.05, 0.1) is 12.8 Å². The van der Waals surface area contributed by atoms with Crippen LogP contribution >= 0.6 is 0 Å². The first kappa shape index (κ1) is 11.1. The number of hydrogen-bond acceptors (Lipinski definition) is 5. The normalized spacial score (nSPS) is 10.9. The fraction of sp³-hybridized carbons (Fsp3) is 0.182. The monoisotopic (exact) mass is 232 g/mol. The molecule has 0 spiro atoms. The molecule has 0 bridgehead atoms. The third-order valence-electron chi connectivity index (χ3n) is 2.07. The van der Waals surface area contributed by atoms with Gasteiger partial charge in [0, 0.05) is 5.56 Å². The van der Waals surface area contributed by atoms with E-state index < -0.39 is 0 Å². The fourth-order valence-corrected chi connectivity index (χ4v) is 1.30. The molecule has 0 atom stereocenters. The molecule has 0 unspecified atom stereocenters. The third-order valence-corrected chi connectivity index (χ3v) is 2.07. The molecule has 2 aromatic rings. The first-order valence-corrected chi connectivity index (χ1v) is 5.15. The molecule has 88 valence electrons. The number of rotatable bonds is 4. The van der Waals surface area contributed by atoms with Crippen molar-refractivity contribution in [1.29, 1.82) is 0 Å². The zero-order valence-electron chi connectivity index (χ0n) is 9.32. The summed E-state index contributed by atoms with van der Waals surface area (Å²) in [6.07, 6.45) is 4.43. The number of ether oxygens (including phenoxy) is 1. The average Bonchev–Trinajstić information content (AvgIpc) is 2.83. The Bertz CT molecular complexity index is 508. The molecule has 0 fully saturated rings. The average molecular weight is 232 g/mol. The first-order valence-electron chi connectivity index (χ1n) is 5.15. The number of benzene rings is 1. The lowest BCUT2D eigenvalue weighted by Gasteiger charge is -2.06. The van der Waals surface area contributed by atoms with E-state index >= 15 is 0 Å². The van der Waals surface area contributed by atoms with Crippen molar-refractivity contribution >= 4 is 6.21 Å². The Kier molecular flexibility index (Phi) is 3.34. The summed E-state index contributed by atoms with van der Waals surface area (Å²) in [5.41, 5.74) is 0.574. The second-order valence-electron chi connectivity index (χ2n) is 3.21. The summed E-state index contributed by atoms with van der Waals surface area (Å²) in [5.74, 6) is 0.520. The van der Waals surface area contributed by atoms with Crippen LogP contribution in [0, 0.1) is 0 Å². The van der Waals surface area contributed by atoms with E-state index in [1.807, 2.05) is 6.92 Å². The molecular weight excluding hydrogens is 220 g/mol. The van der Waals surface area contributed by atoms with Gasteiger partial charge in [-0.15, -0.1) is 10.2 Å². The molecular formula is C11H12N4O2. The number of phenols is 1. The van der Waals surface area contributed by atoms with Gasteiger partial charge in [0.15, 0.2) is 11.5 Å². The van der Waals surface area contributed by atoms with E-state index in [1.54, 1.807) is 18.2 Å². The zero-order valence-corrected chi connectivity index (χ0v) is 9.32. The topological polar surface area (TPSA) is 72.5 Å². The highest BCUT2D eigenvalue weighted by Crippen LogP contribution is 2.28. The second kappa shape index (κ2) is 5.11. The van der Waals surface area contributed by atoms with Crippen molar-refractivity contribution in [2.45, 2.75) is 6.92 Å². The van der Waals surface area contributed by atoms with Crippen molar-refractivity contribution < 1.29 is 9.84 Å². The molecule has 0 aliphatic carbocycles. The quantitative estimate of drug-likeness (QED) is 0.805. The highest BCUT2D eigenvalue weighted by molar-refractivity contribution is 5.84. The number of para-hydroxylation sites is 1. The van der Waals surface area contributed by atoms with Crippen LogP contribution in [0.5, 0.6) is 11.5 Å². The molecule has 0 aliphatic rings. The summed E-state index contributed by atoms with van der Waals surface area (Å²) in [6.45, 7) is 2.36. The maximum atomic E-state index is 9.89. The van der Waals surface area contributed by atoms with Crippen molar-refractivity contribution in [2.75, 3.05) is 6.61 Å². The predicted octanol–water partition coefficient (Wildman–Crippen LogP) is 1.26. The lowest BCUT2D eigenvalue weighted by Crippen LogP contribution is -1.94. The van der Waals surface area contributed by atoms with Gasteiger partial charge in [0.2, 0.25) is 0 Å². The van der Waals surface area contributed by atoms with Gasteiger partial charge < -0.3 is 9.84 Å². The van der Waals surface area contributed by atoms with Gasteiger partial charge in [0.1, 0.15) is 12.7 Å². The van der Waals surface area contributed by atoms with Gasteiger partial charge in [-0.05, 0) is 19.1 Å². The Balaban J connectivity index is 2.24. The molecule has 0 aliphatic heterocycles. The lowest BCUT2D eigenvalue weighted by molar-refractivity contribution is 0.318. The standard InChI is InChI=1S/C11H12N4O2/c1-2-17-10-5-3-4-9(11(10)16)6-14-15-7-12-13-8-15/h3-8,16H,2H2,1H3. The van der Waals surface area contributed by atoms with E-state index in [-0.39, 0.29) is 5.75 Å². The van der Waals surface area contributed by atoms with Crippen molar-refractivity contribution in [3.63, 3.8) is 0 Å². The van der Waals surface area contributed by atoms with Crippen LogP contribution in [0.2, 0.25) is 0 Å². The van der Waals surface area contributed by atoms with Crippen LogP contribution in [0.1, 0.15) is 12.5 Å². The van der Waals surface area contributed by atoms with Crippen molar-refractivity contribution in [1.82, 2.24) is 14.9 Å². The Morgan fingerprint density at radius 1 is 1.41 bits per heavy atom. The predicted molar refractivity (Wildman–Crippen MR) is 62.3 cm³/mol. The van der Waals surface area contributed by atoms with Crippen LogP contribution in [0.25, 0.3) is 0 Å². The van der Waals surface area contributed by atoms with E-state index in [1.165, 1.54) is 23.5 Å². The zero-order chi connectivity index (χ0) is 12.1. The maximum Gasteiger partial charge on any atom is 0.166 e. The van der Waals surface area contributed by atoms with E-state index in [0.29, 0.717) is 17.9 Å². The van der Waals surface area contributed by atoms with Crippen LogP contribution in [-0.2, 0) is 0 Å². The fourth-order valence-electron chi connectivity index (χ4n) is 1.30. The third kappa shape index (κ3) is 2.60. The van der Waals surface area contributed by atoms with Gasteiger partial charge in [-0.1, -0.05) is 6.07 Å². The maximum absolute atomic E-state index is 9.89. The van der Waals surface area contributed by atoms with Crippen LogP contribution < -0.4 is 4.74 Å². The lowest BCUT2D eigenvalue weighted by atomic mass is 10.2. The molecule has 6 heteroatoms. The minimum Gasteiger partial charge on any atom is -0.504 e. The molecule has 1 N–H and O–H groups in total. The van der Waals surface area contributed by atoms with Gasteiger partial charge in [-0.3, -0.25) is 0 Å². The number of phenolic OH excluding ortho intramolecular Hbond substituents is 1. The summed E-state index contributed by atoms with van der Waals surface area (Å²) in [5, 5.41) is 21.2. The molecule has 2 rings (SSSR count). The highest BCUT2D eigenvalue weighted by atomic mass is 16.5.